The van der Waals surface area contributed by atoms with Gasteiger partial charge in [-0.15, -0.1) is 0 Å². The Balaban J connectivity index is 1.35. The number of fused-ring (bicyclic) bond motifs is 1. The quantitative estimate of drug-likeness (QED) is 0.818. The summed E-state index contributed by atoms with van der Waals surface area (Å²) in [6.07, 6.45) is 0.678. The molecule has 2 aromatic rings. The van der Waals surface area contributed by atoms with Crippen LogP contribution in [0.2, 0.25) is 0 Å². The van der Waals surface area contributed by atoms with Gasteiger partial charge in [0.1, 0.15) is 18.2 Å². The highest BCUT2D eigenvalue weighted by molar-refractivity contribution is 5.94. The molecule has 1 atom stereocenters. The molecule has 6 heteroatoms. The van der Waals surface area contributed by atoms with Gasteiger partial charge in [-0.05, 0) is 36.2 Å². The van der Waals surface area contributed by atoms with E-state index in [1.54, 1.807) is 15.9 Å². The summed E-state index contributed by atoms with van der Waals surface area (Å²) in [6.45, 7) is 2.25. The summed E-state index contributed by atoms with van der Waals surface area (Å²) in [5, 5.41) is 0. The van der Waals surface area contributed by atoms with Gasteiger partial charge < -0.3 is 14.5 Å². The van der Waals surface area contributed by atoms with Gasteiger partial charge in [0.25, 0.3) is 5.91 Å². The van der Waals surface area contributed by atoms with E-state index in [9.17, 15) is 14.0 Å². The summed E-state index contributed by atoms with van der Waals surface area (Å²) in [7, 11) is 0. The zero-order chi connectivity index (χ0) is 18.8. The van der Waals surface area contributed by atoms with Crippen molar-refractivity contribution >= 4 is 11.8 Å². The first kappa shape index (κ1) is 17.5. The fourth-order valence-electron chi connectivity index (χ4n) is 3.68. The Morgan fingerprint density at radius 2 is 1.70 bits per heavy atom. The smallest absolute Gasteiger partial charge is 0.254 e. The number of ether oxygens (including phenoxy) is 1. The van der Waals surface area contributed by atoms with Crippen LogP contribution < -0.4 is 4.74 Å². The summed E-state index contributed by atoms with van der Waals surface area (Å²) >= 11 is 0. The average Bonchev–Trinajstić information content (AvgIpc) is 2.72. The lowest BCUT2D eigenvalue weighted by molar-refractivity contribution is -0.138. The number of nitrogens with zero attached hydrogens (tertiary/aromatic N) is 2. The van der Waals surface area contributed by atoms with Crippen LogP contribution >= 0.6 is 0 Å². The maximum absolute atomic E-state index is 13.3. The van der Waals surface area contributed by atoms with Gasteiger partial charge in [-0.1, -0.05) is 24.3 Å². The van der Waals surface area contributed by atoms with Crippen LogP contribution in [0.5, 0.6) is 5.75 Å². The second kappa shape index (κ2) is 7.39. The summed E-state index contributed by atoms with van der Waals surface area (Å²) in [6, 6.07) is 13.5. The van der Waals surface area contributed by atoms with Crippen molar-refractivity contribution in [3.8, 4) is 5.75 Å². The van der Waals surface area contributed by atoms with Crippen LogP contribution in [0.25, 0.3) is 0 Å². The van der Waals surface area contributed by atoms with E-state index < -0.39 is 5.82 Å². The second-order valence-electron chi connectivity index (χ2n) is 6.95. The molecule has 2 aliphatic heterocycles. The molecule has 0 aromatic heterocycles. The first-order valence-corrected chi connectivity index (χ1v) is 9.16. The number of halogens is 1. The number of carbonyl (C=O) groups is 2. The highest BCUT2D eigenvalue weighted by atomic mass is 19.1. The van der Waals surface area contributed by atoms with Crippen molar-refractivity contribution in [2.24, 2.45) is 5.92 Å². The highest BCUT2D eigenvalue weighted by Crippen LogP contribution is 2.28. The molecule has 27 heavy (non-hydrogen) atoms. The van der Waals surface area contributed by atoms with Crippen molar-refractivity contribution in [2.75, 3.05) is 32.8 Å². The molecule has 140 valence electrons. The molecule has 0 radical (unpaired) electrons. The minimum atomic E-state index is -0.424. The van der Waals surface area contributed by atoms with Crippen molar-refractivity contribution in [3.63, 3.8) is 0 Å². The van der Waals surface area contributed by atoms with Gasteiger partial charge in [-0.2, -0.15) is 0 Å². The number of benzene rings is 2. The minimum Gasteiger partial charge on any atom is -0.492 e. The molecule has 0 N–H and O–H groups in total. The standard InChI is InChI=1S/C21H21FN2O3/c22-18-6-3-5-16(13-18)20(25)23-8-10-24(11-9-23)21(26)17-12-15-4-1-2-7-19(15)27-14-17/h1-7,13,17H,8-12,14H2. The molecule has 1 unspecified atom stereocenters. The summed E-state index contributed by atoms with van der Waals surface area (Å²) in [5.74, 6) is 0.114. The molecule has 0 spiro atoms. The van der Waals surface area contributed by atoms with E-state index in [0.717, 1.165) is 11.3 Å². The van der Waals surface area contributed by atoms with Gasteiger partial charge in [0, 0.05) is 31.7 Å². The normalized spacial score (nSPS) is 19.2. The van der Waals surface area contributed by atoms with E-state index in [4.69, 9.17) is 4.74 Å². The van der Waals surface area contributed by atoms with Gasteiger partial charge in [-0.3, -0.25) is 9.59 Å². The summed E-state index contributed by atoms with van der Waals surface area (Å²) < 4.78 is 19.1. The number of carbonyl (C=O) groups excluding carboxylic acids is 2. The Morgan fingerprint density at radius 1 is 0.963 bits per heavy atom. The second-order valence-corrected chi connectivity index (χ2v) is 6.95. The predicted octanol–water partition coefficient (Wildman–Crippen LogP) is 2.36. The van der Waals surface area contributed by atoms with E-state index in [2.05, 4.69) is 0 Å². The number of para-hydroxylation sites is 1. The first-order chi connectivity index (χ1) is 13.1. The Bertz CT molecular complexity index is 862. The van der Waals surface area contributed by atoms with Gasteiger partial charge in [-0.25, -0.2) is 4.39 Å². The van der Waals surface area contributed by atoms with Gasteiger partial charge in [0.2, 0.25) is 5.91 Å². The lowest BCUT2D eigenvalue weighted by Gasteiger charge is -2.37. The predicted molar refractivity (Wildman–Crippen MR) is 98.0 cm³/mol. The molecule has 2 amide bonds. The third kappa shape index (κ3) is 3.65. The lowest BCUT2D eigenvalue weighted by atomic mass is 9.95. The molecule has 0 saturated carbocycles. The monoisotopic (exact) mass is 368 g/mol. The molecule has 1 saturated heterocycles. The number of amides is 2. The molecular weight excluding hydrogens is 347 g/mol. The van der Waals surface area contributed by atoms with Crippen LogP contribution in [0.15, 0.2) is 48.5 Å². The molecule has 2 aliphatic rings. The largest absolute Gasteiger partial charge is 0.492 e. The minimum absolute atomic E-state index is 0.0716. The molecule has 0 aliphatic carbocycles. The first-order valence-electron chi connectivity index (χ1n) is 9.16. The Kier molecular flexibility index (Phi) is 4.79. The van der Waals surface area contributed by atoms with Crippen molar-refractivity contribution in [1.29, 1.82) is 0 Å². The third-order valence-electron chi connectivity index (χ3n) is 5.18. The molecular formula is C21H21FN2O3. The van der Waals surface area contributed by atoms with Crippen LogP contribution in [0.1, 0.15) is 15.9 Å². The number of hydrogen-bond acceptors (Lipinski definition) is 3. The molecule has 1 fully saturated rings. The number of piperazine rings is 1. The van der Waals surface area contributed by atoms with Gasteiger partial charge in [0.15, 0.2) is 0 Å². The highest BCUT2D eigenvalue weighted by Gasteiger charge is 2.32. The van der Waals surface area contributed by atoms with Crippen molar-refractivity contribution < 1.29 is 18.7 Å². The topological polar surface area (TPSA) is 49.9 Å². The van der Waals surface area contributed by atoms with E-state index >= 15 is 0 Å². The average molecular weight is 368 g/mol. The van der Waals surface area contributed by atoms with E-state index in [-0.39, 0.29) is 17.7 Å². The fraction of sp³-hybridized carbons (Fsp3) is 0.333. The van der Waals surface area contributed by atoms with E-state index in [1.165, 1.54) is 18.2 Å². The van der Waals surface area contributed by atoms with Crippen molar-refractivity contribution in [1.82, 2.24) is 9.80 Å². The number of rotatable bonds is 2. The fourth-order valence-corrected chi connectivity index (χ4v) is 3.68. The zero-order valence-electron chi connectivity index (χ0n) is 14.9. The van der Waals surface area contributed by atoms with Crippen LogP contribution in [0.3, 0.4) is 0 Å². The third-order valence-corrected chi connectivity index (χ3v) is 5.18. The van der Waals surface area contributed by atoms with Crippen LogP contribution in [0.4, 0.5) is 4.39 Å². The van der Waals surface area contributed by atoms with Crippen molar-refractivity contribution in [2.45, 2.75) is 6.42 Å². The van der Waals surface area contributed by atoms with E-state index in [1.807, 2.05) is 24.3 Å². The van der Waals surface area contributed by atoms with Crippen molar-refractivity contribution in [3.05, 3.63) is 65.5 Å². The Labute approximate surface area is 157 Å². The molecule has 5 nitrogen and oxygen atoms in total. The Morgan fingerprint density at radius 3 is 2.48 bits per heavy atom. The maximum atomic E-state index is 13.3. The molecule has 4 rings (SSSR count). The molecule has 0 bridgehead atoms. The van der Waals surface area contributed by atoms with Crippen LogP contribution in [-0.2, 0) is 11.2 Å². The van der Waals surface area contributed by atoms with Gasteiger partial charge >= 0.3 is 0 Å². The summed E-state index contributed by atoms with van der Waals surface area (Å²) in [4.78, 5) is 28.8. The van der Waals surface area contributed by atoms with E-state index in [0.29, 0.717) is 44.8 Å². The SMILES string of the molecule is O=C(c1cccc(F)c1)N1CCN(C(=O)C2COc3ccccc3C2)CC1. The maximum Gasteiger partial charge on any atom is 0.254 e. The lowest BCUT2D eigenvalue weighted by Crippen LogP contribution is -2.53. The number of hydrogen-bond donors (Lipinski definition) is 0. The molecule has 2 aromatic carbocycles. The van der Waals surface area contributed by atoms with Crippen LogP contribution in [-0.4, -0.2) is 54.4 Å². The van der Waals surface area contributed by atoms with Crippen LogP contribution in [0, 0.1) is 11.7 Å². The zero-order valence-corrected chi connectivity index (χ0v) is 14.9. The summed E-state index contributed by atoms with van der Waals surface area (Å²) in [5.41, 5.74) is 1.40. The van der Waals surface area contributed by atoms with Gasteiger partial charge in [0.05, 0.1) is 5.92 Å². The Hall–Kier alpha value is -2.89. The molecule has 2 heterocycles.